The first-order chi connectivity index (χ1) is 16.1. The maximum atomic E-state index is 12.4. The molecule has 33 heavy (non-hydrogen) atoms. The third-order valence-electron chi connectivity index (χ3n) is 5.14. The largest absolute Gasteiger partial charge is 0.489 e. The second-order valence-corrected chi connectivity index (χ2v) is 8.90. The van der Waals surface area contributed by atoms with Crippen LogP contribution in [0.1, 0.15) is 11.1 Å². The molecule has 0 aliphatic carbocycles. The average Bonchev–Trinajstić information content (AvgIpc) is 3.17. The van der Waals surface area contributed by atoms with Crippen LogP contribution in [0.15, 0.2) is 101 Å². The Morgan fingerprint density at radius 1 is 0.909 bits per heavy atom. The van der Waals surface area contributed by atoms with Crippen molar-refractivity contribution in [2.45, 2.75) is 6.61 Å². The Labute approximate surface area is 201 Å². The van der Waals surface area contributed by atoms with Crippen molar-refractivity contribution >= 4 is 57.0 Å². The summed E-state index contributed by atoms with van der Waals surface area (Å²) in [4.78, 5) is 17.6. The van der Waals surface area contributed by atoms with E-state index in [1.807, 2.05) is 91.0 Å². The van der Waals surface area contributed by atoms with Crippen molar-refractivity contribution < 1.29 is 9.53 Å². The van der Waals surface area contributed by atoms with Crippen molar-refractivity contribution in [3.63, 3.8) is 0 Å². The van der Waals surface area contributed by atoms with Gasteiger partial charge in [0.05, 0.1) is 10.6 Å². The topological polar surface area (TPSA) is 50.7 Å². The van der Waals surface area contributed by atoms with Crippen molar-refractivity contribution in [2.75, 3.05) is 0 Å². The van der Waals surface area contributed by atoms with Crippen LogP contribution in [-0.4, -0.2) is 11.1 Å². The average molecular weight is 471 g/mol. The van der Waals surface area contributed by atoms with E-state index in [4.69, 9.17) is 16.3 Å². The monoisotopic (exact) mass is 470 g/mol. The van der Waals surface area contributed by atoms with Gasteiger partial charge in [0.15, 0.2) is 5.17 Å². The van der Waals surface area contributed by atoms with Gasteiger partial charge in [0.1, 0.15) is 12.4 Å². The van der Waals surface area contributed by atoms with Gasteiger partial charge in [-0.3, -0.25) is 4.79 Å². The van der Waals surface area contributed by atoms with E-state index in [0.717, 1.165) is 33.3 Å². The Bertz CT molecular complexity index is 1400. The molecule has 1 heterocycles. The van der Waals surface area contributed by atoms with E-state index < -0.39 is 0 Å². The normalized spacial score (nSPS) is 15.8. The third-order valence-corrected chi connectivity index (χ3v) is 6.42. The van der Waals surface area contributed by atoms with Crippen LogP contribution in [0.3, 0.4) is 0 Å². The number of halogens is 1. The predicted molar refractivity (Wildman–Crippen MR) is 137 cm³/mol. The zero-order chi connectivity index (χ0) is 22.6. The van der Waals surface area contributed by atoms with Crippen LogP contribution < -0.4 is 10.1 Å². The zero-order valence-electron chi connectivity index (χ0n) is 17.5. The molecule has 4 nitrogen and oxygen atoms in total. The van der Waals surface area contributed by atoms with Gasteiger partial charge in [0, 0.05) is 10.6 Å². The molecule has 0 atom stereocenters. The molecular formula is C27H19ClN2O2S. The summed E-state index contributed by atoms with van der Waals surface area (Å²) in [5, 5.41) is 6.37. The fraction of sp³-hybridized carbons (Fsp3) is 0.0370. The molecule has 1 saturated heterocycles. The summed E-state index contributed by atoms with van der Waals surface area (Å²) in [5.74, 6) is 0.581. The van der Waals surface area contributed by atoms with E-state index in [1.165, 1.54) is 11.8 Å². The lowest BCUT2D eigenvalue weighted by molar-refractivity contribution is -0.115. The van der Waals surface area contributed by atoms with Crippen LogP contribution in [-0.2, 0) is 11.4 Å². The highest BCUT2D eigenvalue weighted by Gasteiger charge is 2.23. The third kappa shape index (κ3) is 5.11. The summed E-state index contributed by atoms with van der Waals surface area (Å²) in [6.07, 6.45) is 1.85. The smallest absolute Gasteiger partial charge is 0.264 e. The van der Waals surface area contributed by atoms with E-state index >= 15 is 0 Å². The molecule has 1 N–H and O–H groups in total. The van der Waals surface area contributed by atoms with Gasteiger partial charge in [-0.1, -0.05) is 72.3 Å². The number of nitrogens with zero attached hydrogens (tertiary/aromatic N) is 1. The SMILES string of the molecule is O=C1NC(=Nc2ccc3ccccc3c2)SC1=Cc1ccc(OCc2ccccc2Cl)cc1. The zero-order valence-corrected chi connectivity index (χ0v) is 19.1. The van der Waals surface area contributed by atoms with Crippen molar-refractivity contribution in [3.8, 4) is 5.75 Å². The number of aliphatic imine (C=N–C) groups is 1. The summed E-state index contributed by atoms with van der Waals surface area (Å²) in [5.41, 5.74) is 2.64. The summed E-state index contributed by atoms with van der Waals surface area (Å²) >= 11 is 7.51. The number of thioether (sulfide) groups is 1. The van der Waals surface area contributed by atoms with Crippen LogP contribution >= 0.6 is 23.4 Å². The van der Waals surface area contributed by atoms with Crippen molar-refractivity contribution in [2.24, 2.45) is 4.99 Å². The Kier molecular flexibility index (Phi) is 6.15. The molecule has 4 aromatic rings. The number of hydrogen-bond acceptors (Lipinski definition) is 4. The molecular weight excluding hydrogens is 452 g/mol. The standard InChI is InChI=1S/C27H19ClN2O2S/c28-24-8-4-3-7-21(24)17-32-23-13-9-18(10-14-23)15-25-26(31)30-27(33-25)29-22-12-11-19-5-1-2-6-20(19)16-22/h1-16H,17H2,(H,29,30,31). The second-order valence-electron chi connectivity index (χ2n) is 7.46. The lowest BCUT2D eigenvalue weighted by Crippen LogP contribution is -2.19. The van der Waals surface area contributed by atoms with Crippen LogP contribution in [0.2, 0.25) is 5.02 Å². The molecule has 1 fully saturated rings. The summed E-state index contributed by atoms with van der Waals surface area (Å²) in [7, 11) is 0. The molecule has 0 spiro atoms. The van der Waals surface area contributed by atoms with Gasteiger partial charge in [-0.25, -0.2) is 4.99 Å². The van der Waals surface area contributed by atoms with Crippen LogP contribution in [0, 0.1) is 0 Å². The van der Waals surface area contributed by atoms with Gasteiger partial charge >= 0.3 is 0 Å². The highest BCUT2D eigenvalue weighted by atomic mass is 35.5. The molecule has 0 aromatic heterocycles. The van der Waals surface area contributed by atoms with Crippen molar-refractivity contribution in [1.29, 1.82) is 0 Å². The van der Waals surface area contributed by atoms with E-state index in [1.54, 1.807) is 0 Å². The lowest BCUT2D eigenvalue weighted by atomic mass is 10.1. The van der Waals surface area contributed by atoms with Crippen LogP contribution in [0.25, 0.3) is 16.8 Å². The molecule has 1 aliphatic rings. The minimum Gasteiger partial charge on any atom is -0.489 e. The first-order valence-corrected chi connectivity index (χ1v) is 11.6. The molecule has 0 saturated carbocycles. The number of nitrogens with one attached hydrogen (secondary N) is 1. The Morgan fingerprint density at radius 3 is 2.48 bits per heavy atom. The van der Waals surface area contributed by atoms with E-state index in [9.17, 15) is 4.79 Å². The molecule has 0 bridgehead atoms. The van der Waals surface area contributed by atoms with Crippen molar-refractivity contribution in [1.82, 2.24) is 5.32 Å². The highest BCUT2D eigenvalue weighted by Crippen LogP contribution is 2.29. The second kappa shape index (κ2) is 9.53. The Balaban J connectivity index is 1.26. The van der Waals surface area contributed by atoms with E-state index in [2.05, 4.69) is 16.4 Å². The van der Waals surface area contributed by atoms with Crippen LogP contribution in [0.5, 0.6) is 5.75 Å². The fourth-order valence-electron chi connectivity index (χ4n) is 3.43. The Hall–Kier alpha value is -3.54. The maximum Gasteiger partial charge on any atom is 0.264 e. The van der Waals surface area contributed by atoms with Crippen molar-refractivity contribution in [3.05, 3.63) is 112 Å². The number of amides is 1. The molecule has 4 aromatic carbocycles. The fourth-order valence-corrected chi connectivity index (χ4v) is 4.46. The highest BCUT2D eigenvalue weighted by molar-refractivity contribution is 8.18. The van der Waals surface area contributed by atoms with E-state index in [-0.39, 0.29) is 5.91 Å². The summed E-state index contributed by atoms with van der Waals surface area (Å²) in [6.45, 7) is 0.396. The first kappa shape index (κ1) is 21.3. The number of carbonyl (C=O) groups excluding carboxylic acids is 1. The van der Waals surface area contributed by atoms with E-state index in [0.29, 0.717) is 21.7 Å². The van der Waals surface area contributed by atoms with Gasteiger partial charge in [-0.15, -0.1) is 0 Å². The van der Waals surface area contributed by atoms with Crippen LogP contribution in [0.4, 0.5) is 5.69 Å². The summed E-state index contributed by atoms with van der Waals surface area (Å²) < 4.78 is 5.82. The lowest BCUT2D eigenvalue weighted by Gasteiger charge is -2.08. The minimum absolute atomic E-state index is 0.154. The van der Waals surface area contributed by atoms with Gasteiger partial charge in [-0.2, -0.15) is 0 Å². The Morgan fingerprint density at radius 2 is 1.67 bits per heavy atom. The number of rotatable bonds is 5. The minimum atomic E-state index is -0.154. The van der Waals surface area contributed by atoms with Gasteiger partial charge in [0.25, 0.3) is 5.91 Å². The first-order valence-electron chi connectivity index (χ1n) is 10.4. The molecule has 6 heteroatoms. The molecule has 0 unspecified atom stereocenters. The molecule has 1 aliphatic heterocycles. The quantitative estimate of drug-likeness (QED) is 0.320. The summed E-state index contributed by atoms with van der Waals surface area (Å²) in [6, 6.07) is 29.3. The van der Waals surface area contributed by atoms with Gasteiger partial charge in [0.2, 0.25) is 0 Å². The number of amidine groups is 1. The molecule has 1 amide bonds. The maximum absolute atomic E-state index is 12.4. The number of carbonyl (C=O) groups is 1. The molecule has 0 radical (unpaired) electrons. The molecule has 162 valence electrons. The van der Waals surface area contributed by atoms with Gasteiger partial charge in [-0.05, 0) is 64.5 Å². The number of hydrogen-bond donors (Lipinski definition) is 1. The number of benzene rings is 4. The number of fused-ring (bicyclic) bond motifs is 1. The predicted octanol–water partition coefficient (Wildman–Crippen LogP) is 6.96. The molecule has 5 rings (SSSR count). The van der Waals surface area contributed by atoms with Gasteiger partial charge < -0.3 is 10.1 Å². The number of ether oxygens (including phenoxy) is 1.